The Morgan fingerprint density at radius 3 is 2.56 bits per heavy atom. The number of para-hydroxylation sites is 1. The summed E-state index contributed by atoms with van der Waals surface area (Å²) in [5, 5.41) is 15.4. The van der Waals surface area contributed by atoms with Crippen molar-refractivity contribution in [2.45, 2.75) is 12.8 Å². The number of aromatic nitrogens is 5. The van der Waals surface area contributed by atoms with Crippen molar-refractivity contribution in [1.82, 2.24) is 30.0 Å². The average Bonchev–Trinajstić information content (AvgIpc) is 3.80. The van der Waals surface area contributed by atoms with Crippen LogP contribution in [0.4, 0.5) is 17.2 Å². The number of carbonyl (C=O) groups is 2. The minimum atomic E-state index is -2.76. The predicted octanol–water partition coefficient (Wildman–Crippen LogP) is 2.76. The highest BCUT2D eigenvalue weighted by Crippen LogP contribution is 2.37. The summed E-state index contributed by atoms with van der Waals surface area (Å²) in [5.41, 5.74) is 2.02. The van der Waals surface area contributed by atoms with E-state index in [-0.39, 0.29) is 34.6 Å². The molecule has 0 aliphatic heterocycles. The van der Waals surface area contributed by atoms with Crippen LogP contribution < -0.4 is 26.2 Å². The predicted molar refractivity (Wildman–Crippen MR) is 145 cm³/mol. The molecule has 5 rings (SSSR count). The van der Waals surface area contributed by atoms with Gasteiger partial charge in [0.25, 0.3) is 5.91 Å². The van der Waals surface area contributed by atoms with Crippen molar-refractivity contribution in [3.05, 3.63) is 71.0 Å². The van der Waals surface area contributed by atoms with Gasteiger partial charge in [0.1, 0.15) is 0 Å². The number of benzene rings is 1. The summed E-state index contributed by atoms with van der Waals surface area (Å²) in [5.74, 6) is -0.541. The van der Waals surface area contributed by atoms with Gasteiger partial charge in [0.05, 0.1) is 24.0 Å². The van der Waals surface area contributed by atoms with Crippen LogP contribution in [0.1, 0.15) is 27.4 Å². The number of aryl methyl sites for hydroxylation is 1. The van der Waals surface area contributed by atoms with Gasteiger partial charge in [0, 0.05) is 65.9 Å². The number of hydrogen-bond donors (Lipinski definition) is 3. The molecule has 3 heterocycles. The van der Waals surface area contributed by atoms with Crippen LogP contribution in [0.25, 0.3) is 22.5 Å². The molecule has 0 bridgehead atoms. The lowest BCUT2D eigenvalue weighted by Crippen LogP contribution is -2.22. The maximum atomic E-state index is 12.8. The Kier molecular flexibility index (Phi) is 6.01. The molecule has 3 aromatic heterocycles. The van der Waals surface area contributed by atoms with Crippen molar-refractivity contribution in [2.24, 2.45) is 13.0 Å². The molecule has 12 heteroatoms. The maximum Gasteiger partial charge on any atom is 0.273 e. The summed E-state index contributed by atoms with van der Waals surface area (Å²) < 4.78 is 29.3. The number of nitrogens with one attached hydrogen (secondary N) is 3. The van der Waals surface area contributed by atoms with E-state index < -0.39 is 12.9 Å². The lowest BCUT2D eigenvalue weighted by molar-refractivity contribution is -0.117. The van der Waals surface area contributed by atoms with Crippen LogP contribution in [-0.4, -0.2) is 50.6 Å². The number of rotatable bonds is 8. The Morgan fingerprint density at radius 1 is 1.08 bits per heavy atom. The number of amides is 2. The highest BCUT2D eigenvalue weighted by Gasteiger charge is 2.30. The largest absolute Gasteiger partial charge is 0.494 e. The van der Waals surface area contributed by atoms with Crippen LogP contribution in [0.5, 0.6) is 5.75 Å². The molecule has 4 aromatic rings. The number of nitrogens with zero attached hydrogens (tertiary/aromatic N) is 5. The van der Waals surface area contributed by atoms with E-state index in [0.29, 0.717) is 28.4 Å². The van der Waals surface area contributed by atoms with E-state index in [9.17, 15) is 14.4 Å². The van der Waals surface area contributed by atoms with Gasteiger partial charge in [-0.15, -0.1) is 10.2 Å². The zero-order chi connectivity index (χ0) is 30.0. The molecule has 3 N–H and O–H groups in total. The Balaban J connectivity index is 1.48. The van der Waals surface area contributed by atoms with Crippen LogP contribution >= 0.6 is 0 Å². The van der Waals surface area contributed by atoms with Crippen molar-refractivity contribution in [1.29, 1.82) is 0 Å². The molecule has 0 saturated heterocycles. The molecule has 39 heavy (non-hydrogen) atoms. The van der Waals surface area contributed by atoms with E-state index in [2.05, 4.69) is 30.8 Å². The molecule has 1 aromatic carbocycles. The molecule has 0 atom stereocenters. The number of ether oxygens (including phenoxy) is 1. The van der Waals surface area contributed by atoms with Crippen molar-refractivity contribution in [3.8, 4) is 28.3 Å². The standard InChI is InChI=1S/C27H26N8O4/c1-28-27(38)23-20(11-21(33-34-23)32-26(37)15-7-8-15)31-19-6-4-5-18(24(19)39-3)25-29-12-17(13-30-25)16-9-10-22(36)35(2)14-16/h4-6,9-15H,7-8H2,1-3H3,(H,28,38)(H2,31,32,33,37)/i1D3. The van der Waals surface area contributed by atoms with Gasteiger partial charge in [0.15, 0.2) is 23.1 Å². The molecule has 2 amide bonds. The fraction of sp³-hybridized carbons (Fsp3) is 0.222. The molecule has 1 fully saturated rings. The first-order valence-electron chi connectivity index (χ1n) is 13.5. The monoisotopic (exact) mass is 529 g/mol. The van der Waals surface area contributed by atoms with Gasteiger partial charge in [-0.05, 0) is 31.0 Å². The summed E-state index contributed by atoms with van der Waals surface area (Å²) in [4.78, 5) is 45.8. The fourth-order valence-electron chi connectivity index (χ4n) is 3.91. The van der Waals surface area contributed by atoms with E-state index >= 15 is 0 Å². The molecule has 0 spiro atoms. The van der Waals surface area contributed by atoms with E-state index in [1.165, 1.54) is 23.8 Å². The summed E-state index contributed by atoms with van der Waals surface area (Å²) in [6.45, 7) is -2.76. The van der Waals surface area contributed by atoms with Gasteiger partial charge < -0.3 is 25.3 Å². The summed E-state index contributed by atoms with van der Waals surface area (Å²) in [7, 11) is 3.11. The highest BCUT2D eigenvalue weighted by molar-refractivity contribution is 6.00. The zero-order valence-electron chi connectivity index (χ0n) is 24.1. The van der Waals surface area contributed by atoms with E-state index in [4.69, 9.17) is 8.85 Å². The molecule has 198 valence electrons. The third-order valence-corrected chi connectivity index (χ3v) is 6.12. The lowest BCUT2D eigenvalue weighted by atomic mass is 10.1. The lowest BCUT2D eigenvalue weighted by Gasteiger charge is -2.16. The SMILES string of the molecule is [2H]C([2H])([2H])NC(=O)c1nnc(NC(=O)C2CC2)cc1Nc1cccc(-c2ncc(-c3ccc(=O)n(C)c3)cn2)c1OC. The van der Waals surface area contributed by atoms with Gasteiger partial charge in [-0.2, -0.15) is 0 Å². The van der Waals surface area contributed by atoms with E-state index in [0.717, 1.165) is 18.4 Å². The molecular weight excluding hydrogens is 500 g/mol. The zero-order valence-corrected chi connectivity index (χ0v) is 21.1. The van der Waals surface area contributed by atoms with Crippen molar-refractivity contribution in [2.75, 3.05) is 24.7 Å². The Bertz CT molecular complexity index is 1720. The summed E-state index contributed by atoms with van der Waals surface area (Å²) in [6.07, 6.45) is 6.50. The topological polar surface area (TPSA) is 153 Å². The molecule has 1 aliphatic rings. The number of pyridine rings is 1. The molecular formula is C27H26N8O4. The third-order valence-electron chi connectivity index (χ3n) is 6.12. The maximum absolute atomic E-state index is 12.8. The second-order valence-corrected chi connectivity index (χ2v) is 8.88. The fourth-order valence-corrected chi connectivity index (χ4v) is 3.91. The van der Waals surface area contributed by atoms with Crippen LogP contribution in [0.2, 0.25) is 0 Å². The second kappa shape index (κ2) is 10.7. The van der Waals surface area contributed by atoms with Crippen molar-refractivity contribution < 1.29 is 18.4 Å². The van der Waals surface area contributed by atoms with Crippen molar-refractivity contribution in [3.63, 3.8) is 0 Å². The number of methoxy groups -OCH3 is 1. The second-order valence-electron chi connectivity index (χ2n) is 8.88. The minimum Gasteiger partial charge on any atom is -0.494 e. The Labute approximate surface area is 227 Å². The first-order chi connectivity index (χ1) is 20.0. The third kappa shape index (κ3) is 5.44. The van der Waals surface area contributed by atoms with Gasteiger partial charge in [-0.3, -0.25) is 14.4 Å². The van der Waals surface area contributed by atoms with Crippen LogP contribution in [0.3, 0.4) is 0 Å². The number of anilines is 3. The summed E-state index contributed by atoms with van der Waals surface area (Å²) in [6, 6.07) is 9.69. The molecule has 0 unspecified atom stereocenters. The first-order valence-corrected chi connectivity index (χ1v) is 12.0. The van der Waals surface area contributed by atoms with E-state index in [1.54, 1.807) is 49.9 Å². The summed E-state index contributed by atoms with van der Waals surface area (Å²) >= 11 is 0. The van der Waals surface area contributed by atoms with Crippen molar-refractivity contribution >= 4 is 29.0 Å². The first kappa shape index (κ1) is 21.9. The van der Waals surface area contributed by atoms with Crippen LogP contribution in [-0.2, 0) is 11.8 Å². The van der Waals surface area contributed by atoms with Gasteiger partial charge in [-0.25, -0.2) is 9.97 Å². The molecule has 0 radical (unpaired) electrons. The Hall–Kier alpha value is -5.13. The number of carbonyl (C=O) groups excluding carboxylic acids is 2. The average molecular weight is 530 g/mol. The highest BCUT2D eigenvalue weighted by atomic mass is 16.5. The molecule has 1 aliphatic carbocycles. The van der Waals surface area contributed by atoms with Crippen LogP contribution in [0, 0.1) is 5.92 Å². The quantitative estimate of drug-likeness (QED) is 0.313. The van der Waals surface area contributed by atoms with E-state index in [1.807, 2.05) is 5.32 Å². The van der Waals surface area contributed by atoms with Gasteiger partial charge in [-0.1, -0.05) is 6.07 Å². The smallest absolute Gasteiger partial charge is 0.273 e. The van der Waals surface area contributed by atoms with Gasteiger partial charge >= 0.3 is 0 Å². The number of hydrogen-bond acceptors (Lipinski definition) is 9. The Morgan fingerprint density at radius 2 is 1.87 bits per heavy atom. The molecule has 1 saturated carbocycles. The molecule has 12 nitrogen and oxygen atoms in total. The minimum absolute atomic E-state index is 0.0826. The normalized spacial score (nSPS) is 13.9. The van der Waals surface area contributed by atoms with Crippen LogP contribution in [0.15, 0.2) is 59.8 Å². The van der Waals surface area contributed by atoms with Gasteiger partial charge in [0.2, 0.25) is 11.5 Å².